The molecular formula is C13H16N4O5. The smallest absolute Gasteiger partial charge is 0.335 e. The highest BCUT2D eigenvalue weighted by Crippen LogP contribution is 2.12. The SMILES string of the molecule is C/C(=N\NC(=O)NCCCC(=O)O)c1ccc([N+](=O)[O-])cc1. The Morgan fingerprint density at radius 1 is 1.32 bits per heavy atom. The molecule has 0 aliphatic rings. The highest BCUT2D eigenvalue weighted by atomic mass is 16.6. The van der Waals surface area contributed by atoms with Crippen LogP contribution >= 0.6 is 0 Å². The molecule has 0 atom stereocenters. The Bertz CT molecular complexity index is 583. The molecule has 1 aromatic rings. The average molecular weight is 308 g/mol. The monoisotopic (exact) mass is 308 g/mol. The zero-order chi connectivity index (χ0) is 16.5. The van der Waals surface area contributed by atoms with Crippen LogP contribution in [0.3, 0.4) is 0 Å². The van der Waals surface area contributed by atoms with Gasteiger partial charge in [0.2, 0.25) is 0 Å². The van der Waals surface area contributed by atoms with Crippen LogP contribution in [0.25, 0.3) is 0 Å². The van der Waals surface area contributed by atoms with Crippen molar-refractivity contribution in [2.45, 2.75) is 19.8 Å². The number of nitrogens with one attached hydrogen (secondary N) is 2. The van der Waals surface area contributed by atoms with E-state index in [2.05, 4.69) is 15.8 Å². The Morgan fingerprint density at radius 2 is 1.95 bits per heavy atom. The number of rotatable bonds is 7. The van der Waals surface area contributed by atoms with Crippen molar-refractivity contribution in [1.29, 1.82) is 0 Å². The van der Waals surface area contributed by atoms with E-state index in [9.17, 15) is 19.7 Å². The van der Waals surface area contributed by atoms with Crippen molar-refractivity contribution < 1.29 is 19.6 Å². The van der Waals surface area contributed by atoms with Crippen LogP contribution in [-0.2, 0) is 4.79 Å². The van der Waals surface area contributed by atoms with Crippen LogP contribution < -0.4 is 10.7 Å². The molecule has 0 spiro atoms. The van der Waals surface area contributed by atoms with Crippen LogP contribution in [-0.4, -0.2) is 34.3 Å². The number of carboxylic acids is 1. The van der Waals surface area contributed by atoms with Crippen LogP contribution in [0.2, 0.25) is 0 Å². The molecular weight excluding hydrogens is 292 g/mol. The van der Waals surface area contributed by atoms with Gasteiger partial charge in [-0.05, 0) is 31.0 Å². The van der Waals surface area contributed by atoms with E-state index in [0.29, 0.717) is 17.7 Å². The maximum Gasteiger partial charge on any atom is 0.335 e. The first-order valence-corrected chi connectivity index (χ1v) is 6.45. The van der Waals surface area contributed by atoms with Gasteiger partial charge in [-0.25, -0.2) is 10.2 Å². The molecule has 0 radical (unpaired) electrons. The Morgan fingerprint density at radius 3 is 2.50 bits per heavy atom. The number of hydrogen-bond donors (Lipinski definition) is 3. The van der Waals surface area contributed by atoms with Crippen LogP contribution in [0, 0.1) is 10.1 Å². The summed E-state index contributed by atoms with van der Waals surface area (Å²) >= 11 is 0. The normalized spacial score (nSPS) is 10.9. The topological polar surface area (TPSA) is 134 Å². The van der Waals surface area contributed by atoms with Gasteiger partial charge in [0.1, 0.15) is 0 Å². The molecule has 0 aliphatic carbocycles. The van der Waals surface area contributed by atoms with Crippen molar-refractivity contribution in [3.05, 3.63) is 39.9 Å². The lowest BCUT2D eigenvalue weighted by molar-refractivity contribution is -0.384. The number of amides is 2. The molecule has 1 aromatic carbocycles. The zero-order valence-corrected chi connectivity index (χ0v) is 11.9. The van der Waals surface area contributed by atoms with Crippen molar-refractivity contribution in [3.63, 3.8) is 0 Å². The molecule has 3 N–H and O–H groups in total. The largest absolute Gasteiger partial charge is 0.481 e. The number of hydrazone groups is 1. The fourth-order valence-corrected chi connectivity index (χ4v) is 1.50. The summed E-state index contributed by atoms with van der Waals surface area (Å²) in [4.78, 5) is 31.7. The van der Waals surface area contributed by atoms with Gasteiger partial charge in [-0.1, -0.05) is 0 Å². The maximum atomic E-state index is 11.4. The lowest BCUT2D eigenvalue weighted by Crippen LogP contribution is -2.33. The number of carboxylic acid groups (broad SMARTS) is 1. The van der Waals surface area contributed by atoms with E-state index in [-0.39, 0.29) is 18.7 Å². The fraction of sp³-hybridized carbons (Fsp3) is 0.308. The molecule has 0 unspecified atom stereocenters. The van der Waals surface area contributed by atoms with E-state index < -0.39 is 16.9 Å². The highest BCUT2D eigenvalue weighted by Gasteiger charge is 2.06. The van der Waals surface area contributed by atoms with Gasteiger partial charge >= 0.3 is 12.0 Å². The van der Waals surface area contributed by atoms with Gasteiger partial charge in [0, 0.05) is 25.1 Å². The van der Waals surface area contributed by atoms with E-state index in [1.54, 1.807) is 6.92 Å². The number of benzene rings is 1. The van der Waals surface area contributed by atoms with Gasteiger partial charge < -0.3 is 10.4 Å². The number of carbonyl (C=O) groups is 2. The number of urea groups is 1. The Balaban J connectivity index is 2.46. The van der Waals surface area contributed by atoms with E-state index in [1.165, 1.54) is 24.3 Å². The third-order valence-corrected chi connectivity index (χ3v) is 2.67. The summed E-state index contributed by atoms with van der Waals surface area (Å²) in [6, 6.07) is 5.21. The highest BCUT2D eigenvalue weighted by molar-refractivity contribution is 5.99. The first-order valence-electron chi connectivity index (χ1n) is 6.45. The Labute approximate surface area is 126 Å². The lowest BCUT2D eigenvalue weighted by atomic mass is 10.1. The van der Waals surface area contributed by atoms with Crippen LogP contribution in [0.4, 0.5) is 10.5 Å². The van der Waals surface area contributed by atoms with E-state index >= 15 is 0 Å². The summed E-state index contributed by atoms with van der Waals surface area (Å²) in [7, 11) is 0. The molecule has 0 fully saturated rings. The Hall–Kier alpha value is -2.97. The number of non-ortho nitro benzene ring substituents is 1. The van der Waals surface area contributed by atoms with Crippen molar-refractivity contribution in [2.75, 3.05) is 6.54 Å². The van der Waals surface area contributed by atoms with E-state index in [4.69, 9.17) is 5.11 Å². The summed E-state index contributed by atoms with van der Waals surface area (Å²) in [5.41, 5.74) is 3.35. The van der Waals surface area contributed by atoms with Crippen LogP contribution in [0.1, 0.15) is 25.3 Å². The third kappa shape index (κ3) is 5.99. The van der Waals surface area contributed by atoms with Gasteiger partial charge in [-0.2, -0.15) is 5.10 Å². The van der Waals surface area contributed by atoms with E-state index in [0.717, 1.165) is 0 Å². The maximum absolute atomic E-state index is 11.4. The van der Waals surface area contributed by atoms with E-state index in [1.807, 2.05) is 0 Å². The van der Waals surface area contributed by atoms with Crippen molar-refractivity contribution >= 4 is 23.4 Å². The number of hydrogen-bond acceptors (Lipinski definition) is 5. The third-order valence-electron chi connectivity index (χ3n) is 2.67. The Kier molecular flexibility index (Phi) is 6.48. The van der Waals surface area contributed by atoms with Gasteiger partial charge in [0.25, 0.3) is 5.69 Å². The minimum absolute atomic E-state index is 0.0224. The molecule has 0 heterocycles. The van der Waals surface area contributed by atoms with Gasteiger partial charge in [0.05, 0.1) is 10.6 Å². The fourth-order valence-electron chi connectivity index (χ4n) is 1.50. The van der Waals surface area contributed by atoms with Gasteiger partial charge in [-0.3, -0.25) is 14.9 Å². The number of nitro benzene ring substituents is 1. The first kappa shape index (κ1) is 17.1. The molecule has 0 bridgehead atoms. The predicted molar refractivity (Wildman–Crippen MR) is 78.7 cm³/mol. The van der Waals surface area contributed by atoms with Crippen LogP contribution in [0.5, 0.6) is 0 Å². The zero-order valence-electron chi connectivity index (χ0n) is 11.9. The molecule has 0 aromatic heterocycles. The molecule has 118 valence electrons. The second kappa shape index (κ2) is 8.35. The van der Waals surface area contributed by atoms with Gasteiger partial charge in [0.15, 0.2) is 0 Å². The minimum atomic E-state index is -0.922. The summed E-state index contributed by atoms with van der Waals surface area (Å²) in [6.45, 7) is 1.87. The lowest BCUT2D eigenvalue weighted by Gasteiger charge is -2.04. The summed E-state index contributed by atoms with van der Waals surface area (Å²) < 4.78 is 0. The molecule has 9 heteroatoms. The second-order valence-corrected chi connectivity index (χ2v) is 4.37. The number of carbonyl (C=O) groups excluding carboxylic acids is 1. The second-order valence-electron chi connectivity index (χ2n) is 4.37. The quantitative estimate of drug-likeness (QED) is 0.303. The van der Waals surface area contributed by atoms with Crippen molar-refractivity contribution in [3.8, 4) is 0 Å². The standard InChI is InChI=1S/C13H16N4O5/c1-9(10-4-6-11(7-5-10)17(21)22)15-16-13(20)14-8-2-3-12(18)19/h4-7H,2-3,8H2,1H3,(H,18,19)(H2,14,16,20)/b15-9+. The van der Waals surface area contributed by atoms with Crippen molar-refractivity contribution in [2.24, 2.45) is 5.10 Å². The predicted octanol–water partition coefficient (Wildman–Crippen LogP) is 1.48. The molecule has 0 saturated carbocycles. The molecule has 9 nitrogen and oxygen atoms in total. The molecule has 2 amide bonds. The minimum Gasteiger partial charge on any atom is -0.481 e. The molecule has 0 saturated heterocycles. The number of nitrogens with zero attached hydrogens (tertiary/aromatic N) is 2. The molecule has 1 rings (SSSR count). The first-order chi connectivity index (χ1) is 10.4. The summed E-state index contributed by atoms with van der Waals surface area (Å²) in [6.07, 6.45) is 0.305. The summed E-state index contributed by atoms with van der Waals surface area (Å²) in [5, 5.41) is 25.3. The average Bonchev–Trinajstić information content (AvgIpc) is 2.49. The van der Waals surface area contributed by atoms with Crippen LogP contribution in [0.15, 0.2) is 29.4 Å². The molecule has 0 aliphatic heterocycles. The summed E-state index contributed by atoms with van der Waals surface area (Å²) in [5.74, 6) is -0.922. The van der Waals surface area contributed by atoms with Gasteiger partial charge in [-0.15, -0.1) is 0 Å². The number of aliphatic carboxylic acids is 1. The number of nitro groups is 1. The molecule has 22 heavy (non-hydrogen) atoms. The van der Waals surface area contributed by atoms with Crippen molar-refractivity contribution in [1.82, 2.24) is 10.7 Å².